The highest BCUT2D eigenvalue weighted by Crippen LogP contribution is 2.39. The van der Waals surface area contributed by atoms with Gasteiger partial charge in [-0.2, -0.15) is 0 Å². The summed E-state index contributed by atoms with van der Waals surface area (Å²) >= 11 is 0. The van der Waals surface area contributed by atoms with Crippen LogP contribution in [-0.2, 0) is 13.1 Å². The fourth-order valence-electron chi connectivity index (χ4n) is 3.04. The van der Waals surface area contributed by atoms with Crippen molar-refractivity contribution in [1.29, 1.82) is 0 Å². The van der Waals surface area contributed by atoms with Crippen LogP contribution in [0.25, 0.3) is 0 Å². The van der Waals surface area contributed by atoms with Crippen molar-refractivity contribution in [3.05, 3.63) is 23.3 Å². The van der Waals surface area contributed by atoms with Gasteiger partial charge in [-0.05, 0) is 24.6 Å². The second-order valence-electron chi connectivity index (χ2n) is 4.99. The van der Waals surface area contributed by atoms with Crippen LogP contribution in [0.15, 0.2) is 12.1 Å². The first-order chi connectivity index (χ1) is 8.83. The molecule has 18 heavy (non-hydrogen) atoms. The van der Waals surface area contributed by atoms with Gasteiger partial charge in [0.1, 0.15) is 0 Å². The molecule has 1 saturated heterocycles. The van der Waals surface area contributed by atoms with E-state index >= 15 is 0 Å². The second-order valence-corrected chi connectivity index (χ2v) is 4.99. The first-order valence-corrected chi connectivity index (χ1v) is 6.51. The molecule has 3 rings (SSSR count). The minimum atomic E-state index is 0.660. The van der Waals surface area contributed by atoms with E-state index in [2.05, 4.69) is 16.3 Å². The molecule has 4 nitrogen and oxygen atoms in total. The predicted octanol–water partition coefficient (Wildman–Crippen LogP) is 1.38. The van der Waals surface area contributed by atoms with E-state index in [9.17, 15) is 0 Å². The van der Waals surface area contributed by atoms with Crippen LogP contribution in [0, 0.1) is 0 Å². The SMILES string of the molecule is COc1ccc2c(c1OC)CN(C1CCNC1)C2. The molecule has 2 aliphatic rings. The van der Waals surface area contributed by atoms with Gasteiger partial charge in [-0.1, -0.05) is 6.07 Å². The summed E-state index contributed by atoms with van der Waals surface area (Å²) in [5, 5.41) is 3.43. The van der Waals surface area contributed by atoms with Gasteiger partial charge in [0.05, 0.1) is 14.2 Å². The number of benzene rings is 1. The molecule has 2 aliphatic heterocycles. The Morgan fingerprint density at radius 1 is 1.22 bits per heavy atom. The first kappa shape index (κ1) is 11.8. The molecule has 1 atom stereocenters. The lowest BCUT2D eigenvalue weighted by molar-refractivity contribution is 0.211. The Balaban J connectivity index is 1.87. The molecule has 0 bridgehead atoms. The third-order valence-electron chi connectivity index (χ3n) is 4.03. The summed E-state index contributed by atoms with van der Waals surface area (Å²) < 4.78 is 10.9. The van der Waals surface area contributed by atoms with Crippen LogP contribution in [0.1, 0.15) is 17.5 Å². The van der Waals surface area contributed by atoms with E-state index in [1.165, 1.54) is 17.5 Å². The molecule has 0 aliphatic carbocycles. The quantitative estimate of drug-likeness (QED) is 0.876. The van der Waals surface area contributed by atoms with Crippen LogP contribution < -0.4 is 14.8 Å². The Morgan fingerprint density at radius 2 is 2.11 bits per heavy atom. The van der Waals surface area contributed by atoms with Gasteiger partial charge in [-0.25, -0.2) is 0 Å². The average molecular weight is 248 g/mol. The second kappa shape index (κ2) is 4.78. The topological polar surface area (TPSA) is 33.7 Å². The smallest absolute Gasteiger partial charge is 0.165 e. The van der Waals surface area contributed by atoms with E-state index in [4.69, 9.17) is 9.47 Å². The molecular formula is C14H20N2O2. The lowest BCUT2D eigenvalue weighted by Gasteiger charge is -2.22. The van der Waals surface area contributed by atoms with Crippen LogP contribution in [0.3, 0.4) is 0 Å². The van der Waals surface area contributed by atoms with Crippen molar-refractivity contribution in [3.8, 4) is 11.5 Å². The summed E-state index contributed by atoms with van der Waals surface area (Å²) in [6, 6.07) is 4.83. The fourth-order valence-corrected chi connectivity index (χ4v) is 3.04. The van der Waals surface area contributed by atoms with Gasteiger partial charge in [-0.3, -0.25) is 4.90 Å². The van der Waals surface area contributed by atoms with Gasteiger partial charge < -0.3 is 14.8 Å². The molecule has 1 aromatic rings. The van der Waals surface area contributed by atoms with E-state index in [1.54, 1.807) is 14.2 Å². The van der Waals surface area contributed by atoms with Gasteiger partial charge in [0.15, 0.2) is 11.5 Å². The number of rotatable bonds is 3. The maximum absolute atomic E-state index is 5.52. The molecule has 0 saturated carbocycles. The van der Waals surface area contributed by atoms with Crippen molar-refractivity contribution >= 4 is 0 Å². The van der Waals surface area contributed by atoms with E-state index in [-0.39, 0.29) is 0 Å². The predicted molar refractivity (Wildman–Crippen MR) is 70.1 cm³/mol. The van der Waals surface area contributed by atoms with Crippen molar-refractivity contribution < 1.29 is 9.47 Å². The van der Waals surface area contributed by atoms with Gasteiger partial charge in [0, 0.05) is 31.2 Å². The Morgan fingerprint density at radius 3 is 2.78 bits per heavy atom. The third-order valence-corrected chi connectivity index (χ3v) is 4.03. The normalized spacial score (nSPS) is 23.1. The van der Waals surface area contributed by atoms with Crippen LogP contribution in [-0.4, -0.2) is 38.3 Å². The van der Waals surface area contributed by atoms with E-state index < -0.39 is 0 Å². The lowest BCUT2D eigenvalue weighted by atomic mass is 10.1. The molecule has 98 valence electrons. The molecule has 1 N–H and O–H groups in total. The molecule has 1 fully saturated rings. The summed E-state index contributed by atoms with van der Waals surface area (Å²) in [6.07, 6.45) is 1.24. The van der Waals surface area contributed by atoms with Crippen LogP contribution in [0.4, 0.5) is 0 Å². The van der Waals surface area contributed by atoms with Crippen molar-refractivity contribution in [1.82, 2.24) is 10.2 Å². The minimum absolute atomic E-state index is 0.660. The fraction of sp³-hybridized carbons (Fsp3) is 0.571. The maximum Gasteiger partial charge on any atom is 0.165 e. The van der Waals surface area contributed by atoms with Crippen LogP contribution in [0.2, 0.25) is 0 Å². The molecule has 0 aromatic heterocycles. The molecule has 1 unspecified atom stereocenters. The molecule has 0 radical (unpaired) electrons. The van der Waals surface area contributed by atoms with Crippen molar-refractivity contribution in [2.45, 2.75) is 25.6 Å². The number of nitrogens with zero attached hydrogens (tertiary/aromatic N) is 1. The zero-order valence-corrected chi connectivity index (χ0v) is 11.0. The summed E-state index contributed by atoms with van der Waals surface area (Å²) in [7, 11) is 3.41. The van der Waals surface area contributed by atoms with Crippen molar-refractivity contribution in [3.63, 3.8) is 0 Å². The van der Waals surface area contributed by atoms with Gasteiger partial charge in [-0.15, -0.1) is 0 Å². The first-order valence-electron chi connectivity index (χ1n) is 6.51. The Hall–Kier alpha value is -1.26. The van der Waals surface area contributed by atoms with E-state index in [0.717, 1.165) is 37.7 Å². The summed E-state index contributed by atoms with van der Waals surface area (Å²) in [4.78, 5) is 2.53. The monoisotopic (exact) mass is 248 g/mol. The molecule has 0 amide bonds. The summed E-state index contributed by atoms with van der Waals surface area (Å²) in [5.41, 5.74) is 2.67. The molecule has 2 heterocycles. The Kier molecular flexibility index (Phi) is 3.14. The molecule has 0 spiro atoms. The van der Waals surface area contributed by atoms with Gasteiger partial charge in [0.25, 0.3) is 0 Å². The Labute approximate surface area is 108 Å². The van der Waals surface area contributed by atoms with E-state index in [1.807, 2.05) is 6.07 Å². The summed E-state index contributed by atoms with van der Waals surface area (Å²) in [5.74, 6) is 1.74. The Bertz CT molecular complexity index is 442. The average Bonchev–Trinajstić information content (AvgIpc) is 3.05. The molecular weight excluding hydrogens is 228 g/mol. The van der Waals surface area contributed by atoms with Crippen molar-refractivity contribution in [2.24, 2.45) is 0 Å². The van der Waals surface area contributed by atoms with Crippen molar-refractivity contribution in [2.75, 3.05) is 27.3 Å². The number of hydrogen-bond acceptors (Lipinski definition) is 4. The molecule has 4 heteroatoms. The van der Waals surface area contributed by atoms with Gasteiger partial charge in [0.2, 0.25) is 0 Å². The molecule has 1 aromatic carbocycles. The highest BCUT2D eigenvalue weighted by molar-refractivity contribution is 5.52. The number of nitrogens with one attached hydrogen (secondary N) is 1. The highest BCUT2D eigenvalue weighted by atomic mass is 16.5. The number of methoxy groups -OCH3 is 2. The lowest BCUT2D eigenvalue weighted by Crippen LogP contribution is -2.32. The number of hydrogen-bond donors (Lipinski definition) is 1. The van der Waals surface area contributed by atoms with Crippen LogP contribution in [0.5, 0.6) is 11.5 Å². The highest BCUT2D eigenvalue weighted by Gasteiger charge is 2.30. The minimum Gasteiger partial charge on any atom is -0.493 e. The van der Waals surface area contributed by atoms with Gasteiger partial charge >= 0.3 is 0 Å². The largest absolute Gasteiger partial charge is 0.493 e. The standard InChI is InChI=1S/C14H20N2O2/c1-17-13-4-3-10-8-16(11-5-6-15-7-11)9-12(10)14(13)18-2/h3-4,11,15H,5-9H2,1-2H3. The summed E-state index contributed by atoms with van der Waals surface area (Å²) in [6.45, 7) is 4.25. The van der Waals surface area contributed by atoms with E-state index in [0.29, 0.717) is 6.04 Å². The number of ether oxygens (including phenoxy) is 2. The number of fused-ring (bicyclic) bond motifs is 1. The maximum atomic E-state index is 5.52. The van der Waals surface area contributed by atoms with Crippen LogP contribution >= 0.6 is 0 Å². The zero-order valence-electron chi connectivity index (χ0n) is 11.0. The third kappa shape index (κ3) is 1.85. The zero-order chi connectivity index (χ0) is 12.5.